The van der Waals surface area contributed by atoms with Crippen LogP contribution in [-0.2, 0) is 6.42 Å². The van der Waals surface area contributed by atoms with Crippen LogP contribution in [0.3, 0.4) is 0 Å². The summed E-state index contributed by atoms with van der Waals surface area (Å²) in [7, 11) is 0. The highest BCUT2D eigenvalue weighted by molar-refractivity contribution is 5.65. The Morgan fingerprint density at radius 2 is 1.92 bits per heavy atom. The van der Waals surface area contributed by atoms with Crippen LogP contribution >= 0.6 is 0 Å². The molecule has 4 nitrogen and oxygen atoms in total. The molecule has 2 aliphatic carbocycles. The van der Waals surface area contributed by atoms with Crippen molar-refractivity contribution in [2.24, 2.45) is 0 Å². The summed E-state index contributed by atoms with van der Waals surface area (Å²) in [5.74, 6) is 0. The van der Waals surface area contributed by atoms with Crippen molar-refractivity contribution in [1.82, 2.24) is 15.4 Å². The predicted molar refractivity (Wildman–Crippen MR) is 101 cm³/mol. The van der Waals surface area contributed by atoms with Gasteiger partial charge in [0.15, 0.2) is 0 Å². The molecule has 1 aliphatic heterocycles. The first-order valence-electron chi connectivity index (χ1n) is 9.80. The maximum Gasteiger partial charge on any atom is 0.140 e. The summed E-state index contributed by atoms with van der Waals surface area (Å²) in [6, 6.07) is 13.2. The highest BCUT2D eigenvalue weighted by Crippen LogP contribution is 2.43. The lowest BCUT2D eigenvalue weighted by Gasteiger charge is -2.55. The second kappa shape index (κ2) is 6.19. The van der Waals surface area contributed by atoms with E-state index in [0.717, 1.165) is 12.0 Å². The molecule has 1 saturated carbocycles. The minimum Gasteiger partial charge on any atom is -0.247 e. The molecule has 4 heteroatoms. The number of hydrogen-bond acceptors (Lipinski definition) is 4. The molecule has 3 aliphatic rings. The molecule has 26 heavy (non-hydrogen) atoms. The van der Waals surface area contributed by atoms with Crippen LogP contribution in [0.15, 0.2) is 36.5 Å². The van der Waals surface area contributed by atoms with Crippen LogP contribution in [0.5, 0.6) is 0 Å². The van der Waals surface area contributed by atoms with Gasteiger partial charge >= 0.3 is 0 Å². The molecule has 0 amide bonds. The maximum absolute atomic E-state index is 8.90. The van der Waals surface area contributed by atoms with E-state index in [-0.39, 0.29) is 0 Å². The van der Waals surface area contributed by atoms with Gasteiger partial charge in [-0.1, -0.05) is 37.5 Å². The summed E-state index contributed by atoms with van der Waals surface area (Å²) in [6.45, 7) is 1.21. The van der Waals surface area contributed by atoms with Crippen LogP contribution in [0.4, 0.5) is 0 Å². The quantitative estimate of drug-likeness (QED) is 0.890. The van der Waals surface area contributed by atoms with Crippen molar-refractivity contribution in [3.05, 3.63) is 53.3 Å². The van der Waals surface area contributed by atoms with Gasteiger partial charge in [-0.05, 0) is 54.5 Å². The van der Waals surface area contributed by atoms with Crippen molar-refractivity contribution in [2.45, 2.75) is 56.5 Å². The van der Waals surface area contributed by atoms with Gasteiger partial charge in [-0.25, -0.2) is 15.4 Å². The normalized spacial score (nSPS) is 24.0. The average molecular weight is 344 g/mol. The highest BCUT2D eigenvalue weighted by Gasteiger charge is 2.46. The SMILES string of the molecule is N#Cc1ccc(-c2ccc3c(c2)CC[C@H]3N2CC3(CCCCC3)N2)cn1. The molecule has 2 heterocycles. The topological polar surface area (TPSA) is 52.0 Å². The van der Waals surface area contributed by atoms with E-state index >= 15 is 0 Å². The van der Waals surface area contributed by atoms with E-state index in [0.29, 0.717) is 17.3 Å². The minimum absolute atomic E-state index is 0.412. The zero-order valence-electron chi connectivity index (χ0n) is 15.0. The van der Waals surface area contributed by atoms with Gasteiger partial charge in [0.25, 0.3) is 0 Å². The molecule has 1 atom stereocenters. The Balaban J connectivity index is 1.33. The number of fused-ring (bicyclic) bond motifs is 1. The van der Waals surface area contributed by atoms with Crippen LogP contribution in [0.2, 0.25) is 0 Å². The van der Waals surface area contributed by atoms with Crippen LogP contribution in [0.25, 0.3) is 11.1 Å². The zero-order chi connectivity index (χ0) is 17.6. The Bertz CT molecular complexity index is 851. The number of nitrogens with zero attached hydrogens (tertiary/aromatic N) is 3. The molecule has 5 rings (SSSR count). The fourth-order valence-corrected chi connectivity index (χ4v) is 5.03. The standard InChI is InChI=1S/C22H24N4/c23-13-19-7-4-18(14-24-19)16-5-8-20-17(12-16)6-9-21(20)26-15-22(25-26)10-2-1-3-11-22/h4-5,7-8,12,14,21,25H,1-3,6,9-11,15H2/t21-/m1/s1. The van der Waals surface area contributed by atoms with E-state index < -0.39 is 0 Å². The third-order valence-electron chi connectivity index (χ3n) is 6.44. The first kappa shape index (κ1) is 16.0. The number of aromatic nitrogens is 1. The van der Waals surface area contributed by atoms with Gasteiger partial charge in [-0.3, -0.25) is 0 Å². The van der Waals surface area contributed by atoms with Crippen molar-refractivity contribution in [3.8, 4) is 17.2 Å². The second-order valence-electron chi connectivity index (χ2n) is 8.09. The van der Waals surface area contributed by atoms with E-state index in [1.807, 2.05) is 6.07 Å². The molecule has 2 fully saturated rings. The minimum atomic E-state index is 0.412. The van der Waals surface area contributed by atoms with E-state index in [1.165, 1.54) is 61.8 Å². The lowest BCUT2D eigenvalue weighted by molar-refractivity contribution is -0.0841. The molecule has 1 spiro atoms. The van der Waals surface area contributed by atoms with Gasteiger partial charge in [0.05, 0.1) is 0 Å². The lowest BCUT2D eigenvalue weighted by atomic mass is 9.79. The highest BCUT2D eigenvalue weighted by atomic mass is 15.6. The van der Waals surface area contributed by atoms with E-state index in [1.54, 1.807) is 12.3 Å². The number of hydrogen-bond donors (Lipinski definition) is 1. The number of benzene rings is 1. The van der Waals surface area contributed by atoms with Crippen molar-refractivity contribution < 1.29 is 0 Å². The molecule has 1 aromatic heterocycles. The van der Waals surface area contributed by atoms with Crippen molar-refractivity contribution >= 4 is 0 Å². The fraction of sp³-hybridized carbons (Fsp3) is 0.455. The number of nitrogens with one attached hydrogen (secondary N) is 1. The van der Waals surface area contributed by atoms with Gasteiger partial charge in [-0.2, -0.15) is 5.26 Å². The van der Waals surface area contributed by atoms with Crippen molar-refractivity contribution in [3.63, 3.8) is 0 Å². The van der Waals surface area contributed by atoms with Crippen LogP contribution in [0, 0.1) is 11.3 Å². The smallest absolute Gasteiger partial charge is 0.140 e. The Hall–Kier alpha value is -2.22. The number of pyridine rings is 1. The second-order valence-corrected chi connectivity index (χ2v) is 8.09. The largest absolute Gasteiger partial charge is 0.247 e. The number of rotatable bonds is 2. The zero-order valence-corrected chi connectivity index (χ0v) is 15.0. The summed E-state index contributed by atoms with van der Waals surface area (Å²) in [5.41, 5.74) is 9.93. The molecule has 0 unspecified atom stereocenters. The molecule has 0 bridgehead atoms. The molecule has 132 valence electrons. The maximum atomic E-state index is 8.90. The molecule has 1 saturated heterocycles. The van der Waals surface area contributed by atoms with Crippen molar-refractivity contribution in [2.75, 3.05) is 6.54 Å². The van der Waals surface area contributed by atoms with Gasteiger partial charge in [0, 0.05) is 29.9 Å². The van der Waals surface area contributed by atoms with Crippen LogP contribution < -0.4 is 5.43 Å². The summed E-state index contributed by atoms with van der Waals surface area (Å²) in [4.78, 5) is 4.20. The molecular weight excluding hydrogens is 320 g/mol. The monoisotopic (exact) mass is 344 g/mol. The van der Waals surface area contributed by atoms with Gasteiger partial charge in [-0.15, -0.1) is 0 Å². The first-order valence-corrected chi connectivity index (χ1v) is 9.80. The van der Waals surface area contributed by atoms with Gasteiger partial charge in [0.1, 0.15) is 11.8 Å². The third kappa shape index (κ3) is 2.63. The third-order valence-corrected chi connectivity index (χ3v) is 6.44. The number of hydrazine groups is 1. The number of aryl methyl sites for hydroxylation is 1. The van der Waals surface area contributed by atoms with E-state index in [4.69, 9.17) is 5.26 Å². The fourth-order valence-electron chi connectivity index (χ4n) is 5.03. The number of nitriles is 1. The molecule has 1 N–H and O–H groups in total. The molecule has 2 aromatic rings. The van der Waals surface area contributed by atoms with Gasteiger partial charge < -0.3 is 0 Å². The van der Waals surface area contributed by atoms with Crippen molar-refractivity contribution in [1.29, 1.82) is 5.26 Å². The van der Waals surface area contributed by atoms with Crippen LogP contribution in [0.1, 0.15) is 61.4 Å². The first-order chi connectivity index (χ1) is 12.8. The Morgan fingerprint density at radius 3 is 2.65 bits per heavy atom. The summed E-state index contributed by atoms with van der Waals surface area (Å²) < 4.78 is 0. The lowest BCUT2D eigenvalue weighted by Crippen LogP contribution is -2.72. The summed E-state index contributed by atoms with van der Waals surface area (Å²) in [6.07, 6.45) is 11.0. The molecule has 1 aromatic carbocycles. The van der Waals surface area contributed by atoms with Gasteiger partial charge in [0.2, 0.25) is 0 Å². The Labute approximate surface area is 154 Å². The molecular formula is C22H24N4. The Morgan fingerprint density at radius 1 is 1.12 bits per heavy atom. The average Bonchev–Trinajstić information content (AvgIpc) is 3.09. The summed E-state index contributed by atoms with van der Waals surface area (Å²) >= 11 is 0. The summed E-state index contributed by atoms with van der Waals surface area (Å²) in [5, 5.41) is 11.4. The molecule has 0 radical (unpaired) electrons. The van der Waals surface area contributed by atoms with E-state index in [9.17, 15) is 0 Å². The Kier molecular flexibility index (Phi) is 3.81. The van der Waals surface area contributed by atoms with Crippen LogP contribution in [-0.4, -0.2) is 22.1 Å². The van der Waals surface area contributed by atoms with E-state index in [2.05, 4.69) is 39.7 Å². The predicted octanol–water partition coefficient (Wildman–Crippen LogP) is 4.13.